The van der Waals surface area contributed by atoms with E-state index in [0.717, 1.165) is 18.4 Å². The first-order chi connectivity index (χ1) is 8.66. The van der Waals surface area contributed by atoms with Gasteiger partial charge in [0.25, 0.3) is 0 Å². The Bertz CT molecular complexity index is 394. The monoisotopic (exact) mass is 252 g/mol. The highest BCUT2D eigenvalue weighted by Gasteiger charge is 2.17. The quantitative estimate of drug-likeness (QED) is 0.591. The van der Waals surface area contributed by atoms with Crippen LogP contribution >= 0.6 is 0 Å². The van der Waals surface area contributed by atoms with E-state index in [2.05, 4.69) is 0 Å². The highest BCUT2D eigenvalue weighted by Crippen LogP contribution is 2.29. The SMILES string of the molecule is OB(O)c1ccc(COCCC2CCC2)c(F)c1. The van der Waals surface area contributed by atoms with Crippen molar-refractivity contribution in [3.63, 3.8) is 0 Å². The van der Waals surface area contributed by atoms with Crippen LogP contribution in [0.15, 0.2) is 18.2 Å². The number of hydrogen-bond acceptors (Lipinski definition) is 3. The van der Waals surface area contributed by atoms with E-state index >= 15 is 0 Å². The van der Waals surface area contributed by atoms with Crippen molar-refractivity contribution in [1.82, 2.24) is 0 Å². The third-order valence-corrected chi connectivity index (χ3v) is 3.53. The van der Waals surface area contributed by atoms with Gasteiger partial charge in [0, 0.05) is 12.2 Å². The van der Waals surface area contributed by atoms with E-state index in [1.165, 1.54) is 31.4 Å². The molecule has 3 nitrogen and oxygen atoms in total. The van der Waals surface area contributed by atoms with Crippen LogP contribution in [-0.2, 0) is 11.3 Å². The minimum atomic E-state index is -1.63. The van der Waals surface area contributed by atoms with Gasteiger partial charge in [0.15, 0.2) is 0 Å². The summed E-state index contributed by atoms with van der Waals surface area (Å²) in [5.41, 5.74) is 0.610. The second-order valence-electron chi connectivity index (χ2n) is 4.86. The predicted molar refractivity (Wildman–Crippen MR) is 67.8 cm³/mol. The largest absolute Gasteiger partial charge is 0.488 e. The first-order valence-electron chi connectivity index (χ1n) is 6.39. The average Bonchev–Trinajstić information content (AvgIpc) is 2.28. The molecule has 0 bridgehead atoms. The third-order valence-electron chi connectivity index (χ3n) is 3.53. The van der Waals surface area contributed by atoms with Gasteiger partial charge in [-0.3, -0.25) is 0 Å². The second kappa shape index (κ2) is 6.32. The zero-order chi connectivity index (χ0) is 13.0. The molecular formula is C13H18BFO3. The molecule has 18 heavy (non-hydrogen) atoms. The maximum absolute atomic E-state index is 13.6. The van der Waals surface area contributed by atoms with Gasteiger partial charge < -0.3 is 14.8 Å². The normalized spacial score (nSPS) is 15.5. The van der Waals surface area contributed by atoms with Crippen LogP contribution in [0.5, 0.6) is 0 Å². The Morgan fingerprint density at radius 2 is 2.11 bits per heavy atom. The third kappa shape index (κ3) is 3.54. The van der Waals surface area contributed by atoms with Crippen molar-refractivity contribution in [2.75, 3.05) is 6.61 Å². The molecule has 1 saturated carbocycles. The highest BCUT2D eigenvalue weighted by molar-refractivity contribution is 6.58. The van der Waals surface area contributed by atoms with E-state index in [-0.39, 0.29) is 12.1 Å². The van der Waals surface area contributed by atoms with Gasteiger partial charge in [-0.1, -0.05) is 31.4 Å². The molecule has 1 aromatic carbocycles. The van der Waals surface area contributed by atoms with Gasteiger partial charge >= 0.3 is 7.12 Å². The number of benzene rings is 1. The summed E-state index contributed by atoms with van der Waals surface area (Å²) >= 11 is 0. The molecule has 0 radical (unpaired) electrons. The molecule has 0 aromatic heterocycles. The fourth-order valence-corrected chi connectivity index (χ4v) is 2.05. The molecule has 1 fully saturated rings. The number of hydrogen-bond donors (Lipinski definition) is 2. The standard InChI is InChI=1S/C13H18BFO3/c15-13-8-12(14(16)17)5-4-11(13)9-18-7-6-10-2-1-3-10/h4-5,8,10,16-17H,1-3,6-7,9H2. The lowest BCUT2D eigenvalue weighted by Gasteiger charge is -2.24. The molecule has 5 heteroatoms. The molecule has 98 valence electrons. The molecule has 0 atom stereocenters. The summed E-state index contributed by atoms with van der Waals surface area (Å²) in [6.07, 6.45) is 4.96. The molecule has 0 heterocycles. The van der Waals surface area contributed by atoms with Gasteiger partial charge in [-0.15, -0.1) is 0 Å². The van der Waals surface area contributed by atoms with Crippen LogP contribution in [0.3, 0.4) is 0 Å². The Balaban J connectivity index is 1.77. The van der Waals surface area contributed by atoms with Gasteiger partial charge in [0.05, 0.1) is 6.61 Å². The summed E-state index contributed by atoms with van der Waals surface area (Å²) in [7, 11) is -1.63. The lowest BCUT2D eigenvalue weighted by Crippen LogP contribution is -2.30. The fraction of sp³-hybridized carbons (Fsp3) is 0.538. The molecular weight excluding hydrogens is 234 g/mol. The molecule has 1 aromatic rings. The van der Waals surface area contributed by atoms with Crippen molar-refractivity contribution in [3.05, 3.63) is 29.6 Å². The molecule has 0 saturated heterocycles. The Labute approximate surface area is 107 Å². The lowest BCUT2D eigenvalue weighted by atomic mass is 9.80. The van der Waals surface area contributed by atoms with Gasteiger partial charge in [0.1, 0.15) is 5.82 Å². The van der Waals surface area contributed by atoms with Gasteiger partial charge in [-0.2, -0.15) is 0 Å². The molecule has 0 amide bonds. The summed E-state index contributed by atoms with van der Waals surface area (Å²) in [5, 5.41) is 17.8. The van der Waals surface area contributed by atoms with E-state index in [4.69, 9.17) is 14.8 Å². The zero-order valence-electron chi connectivity index (χ0n) is 10.3. The second-order valence-corrected chi connectivity index (χ2v) is 4.86. The number of rotatable bonds is 6. The van der Waals surface area contributed by atoms with Crippen molar-refractivity contribution in [1.29, 1.82) is 0 Å². The molecule has 2 rings (SSSR count). The molecule has 0 aliphatic heterocycles. The summed E-state index contributed by atoms with van der Waals surface area (Å²) in [6, 6.07) is 4.17. The topological polar surface area (TPSA) is 49.7 Å². The Hall–Kier alpha value is -0.905. The summed E-state index contributed by atoms with van der Waals surface area (Å²) in [4.78, 5) is 0. The average molecular weight is 252 g/mol. The predicted octanol–water partition coefficient (Wildman–Crippen LogP) is 1.21. The molecule has 1 aliphatic carbocycles. The van der Waals surface area contributed by atoms with E-state index in [1.807, 2.05) is 0 Å². The van der Waals surface area contributed by atoms with E-state index < -0.39 is 12.9 Å². The smallest absolute Gasteiger partial charge is 0.423 e. The molecule has 1 aliphatic rings. The highest BCUT2D eigenvalue weighted by atomic mass is 19.1. The van der Waals surface area contributed by atoms with Crippen LogP contribution in [-0.4, -0.2) is 23.8 Å². The van der Waals surface area contributed by atoms with Gasteiger partial charge in [-0.25, -0.2) is 4.39 Å². The zero-order valence-corrected chi connectivity index (χ0v) is 10.3. The first-order valence-corrected chi connectivity index (χ1v) is 6.39. The van der Waals surface area contributed by atoms with E-state index in [0.29, 0.717) is 12.2 Å². The summed E-state index contributed by atoms with van der Waals surface area (Å²) in [6.45, 7) is 0.898. The van der Waals surface area contributed by atoms with Gasteiger partial charge in [0.2, 0.25) is 0 Å². The minimum Gasteiger partial charge on any atom is -0.423 e. The van der Waals surface area contributed by atoms with Crippen molar-refractivity contribution in [2.45, 2.75) is 32.3 Å². The van der Waals surface area contributed by atoms with Crippen LogP contribution in [0.4, 0.5) is 4.39 Å². The van der Waals surface area contributed by atoms with Crippen molar-refractivity contribution in [2.24, 2.45) is 5.92 Å². The maximum atomic E-state index is 13.6. The number of halogens is 1. The van der Waals surface area contributed by atoms with Crippen LogP contribution in [0, 0.1) is 11.7 Å². The Morgan fingerprint density at radius 3 is 2.67 bits per heavy atom. The maximum Gasteiger partial charge on any atom is 0.488 e. The van der Waals surface area contributed by atoms with Crippen LogP contribution in [0.25, 0.3) is 0 Å². The molecule has 2 N–H and O–H groups in total. The molecule has 0 spiro atoms. The minimum absolute atomic E-state index is 0.158. The Kier molecular flexibility index (Phi) is 4.75. The van der Waals surface area contributed by atoms with Crippen molar-refractivity contribution < 1.29 is 19.2 Å². The molecule has 0 unspecified atom stereocenters. The summed E-state index contributed by atoms with van der Waals surface area (Å²) < 4.78 is 19.0. The van der Waals surface area contributed by atoms with E-state index in [1.54, 1.807) is 0 Å². The van der Waals surface area contributed by atoms with Crippen LogP contribution in [0.2, 0.25) is 0 Å². The number of ether oxygens (including phenoxy) is 1. The lowest BCUT2D eigenvalue weighted by molar-refractivity contribution is 0.0932. The fourth-order valence-electron chi connectivity index (χ4n) is 2.05. The van der Waals surface area contributed by atoms with Gasteiger partial charge in [-0.05, 0) is 23.9 Å². The first kappa shape index (κ1) is 13.5. The van der Waals surface area contributed by atoms with Crippen molar-refractivity contribution in [3.8, 4) is 0 Å². The summed E-state index contributed by atoms with van der Waals surface area (Å²) in [5.74, 6) is 0.339. The van der Waals surface area contributed by atoms with Crippen LogP contribution in [0.1, 0.15) is 31.2 Å². The van der Waals surface area contributed by atoms with E-state index in [9.17, 15) is 4.39 Å². The van der Waals surface area contributed by atoms with Crippen LogP contribution < -0.4 is 5.46 Å². The van der Waals surface area contributed by atoms with Crippen molar-refractivity contribution >= 4 is 12.6 Å². The Morgan fingerprint density at radius 1 is 1.33 bits per heavy atom.